The molecule has 62 heavy (non-hydrogen) atoms. The van der Waals surface area contributed by atoms with E-state index in [1.54, 1.807) is 0 Å². The fraction of sp³-hybridized carbons (Fsp3) is 0.256. The maximum absolute atomic E-state index is 13.7. The molecule has 19 nitrogen and oxygen atoms in total. The minimum absolute atomic E-state index is 0.00468. The Morgan fingerprint density at radius 3 is 2.21 bits per heavy atom. The summed E-state index contributed by atoms with van der Waals surface area (Å²) in [6.07, 6.45) is 2.76. The number of ether oxygens (including phenoxy) is 4. The topological polar surface area (TPSA) is 260 Å². The van der Waals surface area contributed by atoms with Crippen LogP contribution in [0.15, 0.2) is 91.0 Å². The van der Waals surface area contributed by atoms with Crippen LogP contribution in [0, 0.1) is 22.5 Å². The van der Waals surface area contributed by atoms with Gasteiger partial charge in [0.05, 0.1) is 4.92 Å². The lowest BCUT2D eigenvalue weighted by Crippen LogP contribution is -2.48. The fourth-order valence-electron chi connectivity index (χ4n) is 6.49. The number of urea groups is 1. The van der Waals surface area contributed by atoms with Crippen molar-refractivity contribution in [2.24, 2.45) is 5.73 Å². The monoisotopic (exact) mass is 849 g/mol. The molecule has 0 saturated heterocycles. The number of primary amides is 1. The third-order valence-corrected chi connectivity index (χ3v) is 9.42. The highest BCUT2D eigenvalue weighted by atomic mass is 16.7. The zero-order chi connectivity index (χ0) is 44.6. The van der Waals surface area contributed by atoms with Crippen LogP contribution < -0.4 is 31.7 Å². The van der Waals surface area contributed by atoms with Gasteiger partial charge in [-0.15, -0.1) is 6.42 Å². The van der Waals surface area contributed by atoms with Crippen molar-refractivity contribution >= 4 is 47.6 Å². The highest BCUT2D eigenvalue weighted by Gasteiger charge is 2.29. The van der Waals surface area contributed by atoms with Crippen LogP contribution in [-0.2, 0) is 37.0 Å². The number of anilines is 1. The highest BCUT2D eigenvalue weighted by Crippen LogP contribution is 2.44. The smallest absolute Gasteiger partial charge is 0.449 e. The van der Waals surface area contributed by atoms with Crippen LogP contribution in [0.1, 0.15) is 41.0 Å². The number of carbonyl (C=O) groups is 6. The van der Waals surface area contributed by atoms with Gasteiger partial charge in [-0.3, -0.25) is 19.7 Å². The molecule has 19 heteroatoms. The van der Waals surface area contributed by atoms with E-state index in [0.717, 1.165) is 34.4 Å². The standard InChI is InChI=1S/C43H43N7O12/c1-3-21-59-42(55)49(2)24-28-22-29(15-14-27(28)25-61-43(56)62-31-18-16-30(17-19-31)50(57)58)47-39(52)37(13-8-20-45-40(44)53)48-38(51)23-46-41(54)60-26-36-34-11-6-4-9-32(34)33-10-5-7-12-35(33)36/h1,4-7,9-12,14-19,22,36-37H,8,13,20-21,23-26H2,2H3,(H,46,54)(H,47,52)(H,48,51)(H3,44,45,53). The molecule has 0 saturated carbocycles. The van der Waals surface area contributed by atoms with Crippen LogP contribution in [0.3, 0.4) is 0 Å². The number of hydrogen-bond donors (Lipinski definition) is 5. The number of nitrogens with one attached hydrogen (secondary N) is 4. The van der Waals surface area contributed by atoms with Gasteiger partial charge in [0.25, 0.3) is 5.69 Å². The summed E-state index contributed by atoms with van der Waals surface area (Å²) in [6.45, 7) is -1.14. The molecule has 0 bridgehead atoms. The van der Waals surface area contributed by atoms with Crippen molar-refractivity contribution in [2.45, 2.75) is 38.0 Å². The number of nitro groups is 1. The number of fused-ring (bicyclic) bond motifs is 3. The zero-order valence-corrected chi connectivity index (χ0v) is 33.4. The minimum Gasteiger partial charge on any atom is -0.449 e. The van der Waals surface area contributed by atoms with Crippen molar-refractivity contribution in [3.05, 3.63) is 123 Å². The predicted molar refractivity (Wildman–Crippen MR) is 222 cm³/mol. The molecule has 1 aliphatic carbocycles. The molecule has 6 N–H and O–H groups in total. The largest absolute Gasteiger partial charge is 0.514 e. The number of hydrogen-bond acceptors (Lipinski definition) is 12. The lowest BCUT2D eigenvalue weighted by Gasteiger charge is -2.21. The van der Waals surface area contributed by atoms with Gasteiger partial charge >= 0.3 is 24.4 Å². The van der Waals surface area contributed by atoms with Crippen LogP contribution in [0.25, 0.3) is 11.1 Å². The van der Waals surface area contributed by atoms with E-state index in [9.17, 15) is 38.9 Å². The summed E-state index contributed by atoms with van der Waals surface area (Å²) in [7, 11) is 1.43. The second kappa shape index (κ2) is 21.7. The number of benzene rings is 4. The molecule has 0 aliphatic heterocycles. The molecule has 1 atom stereocenters. The number of nitrogens with two attached hydrogens (primary N) is 1. The van der Waals surface area contributed by atoms with Crippen LogP contribution in [-0.4, -0.2) is 85.4 Å². The number of alkyl carbamates (subject to hydrolysis) is 1. The number of non-ortho nitro benzene ring substituents is 1. The average Bonchev–Trinajstić information content (AvgIpc) is 3.58. The van der Waals surface area contributed by atoms with E-state index in [4.69, 9.17) is 31.1 Å². The van der Waals surface area contributed by atoms with Crippen LogP contribution in [0.2, 0.25) is 0 Å². The number of nitrogens with zero attached hydrogens (tertiary/aromatic N) is 2. The molecule has 0 spiro atoms. The van der Waals surface area contributed by atoms with E-state index in [0.29, 0.717) is 11.1 Å². The highest BCUT2D eigenvalue weighted by molar-refractivity contribution is 5.97. The van der Waals surface area contributed by atoms with Crippen LogP contribution in [0.5, 0.6) is 5.75 Å². The van der Waals surface area contributed by atoms with E-state index in [2.05, 4.69) is 27.2 Å². The lowest BCUT2D eigenvalue weighted by atomic mass is 9.98. The second-order valence-corrected chi connectivity index (χ2v) is 13.7. The van der Waals surface area contributed by atoms with Gasteiger partial charge in [-0.1, -0.05) is 60.5 Å². The summed E-state index contributed by atoms with van der Waals surface area (Å²) in [5.74, 6) is 0.628. The molecular formula is C43H43N7O12. The first-order chi connectivity index (χ1) is 29.8. The van der Waals surface area contributed by atoms with E-state index in [-0.39, 0.29) is 68.8 Å². The van der Waals surface area contributed by atoms with Crippen LogP contribution >= 0.6 is 0 Å². The Hall–Kier alpha value is -8.14. The summed E-state index contributed by atoms with van der Waals surface area (Å²) in [5, 5.41) is 21.1. The van der Waals surface area contributed by atoms with Gasteiger partial charge in [-0.2, -0.15) is 0 Å². The Morgan fingerprint density at radius 2 is 1.56 bits per heavy atom. The number of carbonyl (C=O) groups excluding carboxylic acids is 6. The van der Waals surface area contributed by atoms with Crippen molar-refractivity contribution in [3.8, 4) is 29.2 Å². The molecule has 1 aliphatic rings. The SMILES string of the molecule is C#CCOC(=O)N(C)Cc1cc(NC(=O)C(CCCNC(N)=O)NC(=O)CNC(=O)OCC2c3ccccc3-c3ccccc32)ccc1COC(=O)Oc1ccc([N+](=O)[O-])cc1. The maximum Gasteiger partial charge on any atom is 0.514 e. The number of terminal acetylenes is 1. The summed E-state index contributed by atoms with van der Waals surface area (Å²) in [6, 6.07) is 23.0. The molecule has 4 aromatic rings. The number of amides is 6. The molecule has 6 amide bonds. The third-order valence-electron chi connectivity index (χ3n) is 9.42. The molecule has 4 aromatic carbocycles. The van der Waals surface area contributed by atoms with Gasteiger partial charge in [0.1, 0.15) is 31.5 Å². The van der Waals surface area contributed by atoms with Gasteiger partial charge in [0.2, 0.25) is 11.8 Å². The molecule has 0 radical (unpaired) electrons. The second-order valence-electron chi connectivity index (χ2n) is 13.7. The quantitative estimate of drug-likeness (QED) is 0.0170. The summed E-state index contributed by atoms with van der Waals surface area (Å²) < 4.78 is 20.9. The van der Waals surface area contributed by atoms with Crippen molar-refractivity contribution in [3.63, 3.8) is 0 Å². The number of nitro benzene ring substituents is 1. The van der Waals surface area contributed by atoms with E-state index in [1.807, 2.05) is 48.5 Å². The Balaban J connectivity index is 1.22. The molecule has 322 valence electrons. The van der Waals surface area contributed by atoms with Gasteiger partial charge in [0, 0.05) is 43.9 Å². The molecule has 0 heterocycles. The Bertz CT molecular complexity index is 2300. The third kappa shape index (κ3) is 12.7. The number of rotatable bonds is 18. The van der Waals surface area contributed by atoms with Gasteiger partial charge < -0.3 is 50.8 Å². The van der Waals surface area contributed by atoms with Gasteiger partial charge in [-0.05, 0) is 70.5 Å². The first kappa shape index (κ1) is 45.0. The van der Waals surface area contributed by atoms with Gasteiger partial charge in [-0.25, -0.2) is 19.2 Å². The lowest BCUT2D eigenvalue weighted by molar-refractivity contribution is -0.384. The van der Waals surface area contributed by atoms with Crippen molar-refractivity contribution < 1.29 is 52.6 Å². The van der Waals surface area contributed by atoms with E-state index in [1.165, 1.54) is 42.3 Å². The van der Waals surface area contributed by atoms with E-state index < -0.39 is 53.7 Å². The van der Waals surface area contributed by atoms with Crippen molar-refractivity contribution in [1.82, 2.24) is 20.9 Å². The molecule has 1 unspecified atom stereocenters. The first-order valence-electron chi connectivity index (χ1n) is 19.1. The summed E-state index contributed by atoms with van der Waals surface area (Å²) in [5.41, 5.74) is 10.1. The maximum atomic E-state index is 13.7. The van der Waals surface area contributed by atoms with Crippen molar-refractivity contribution in [2.75, 3.05) is 38.7 Å². The fourth-order valence-corrected chi connectivity index (χ4v) is 6.49. The van der Waals surface area contributed by atoms with Crippen LogP contribution in [0.4, 0.5) is 30.6 Å². The first-order valence-corrected chi connectivity index (χ1v) is 19.1. The van der Waals surface area contributed by atoms with Crippen molar-refractivity contribution in [1.29, 1.82) is 0 Å². The molecule has 5 rings (SSSR count). The normalized spacial score (nSPS) is 11.6. The Morgan fingerprint density at radius 1 is 0.887 bits per heavy atom. The minimum atomic E-state index is -1.16. The zero-order valence-electron chi connectivity index (χ0n) is 33.4. The van der Waals surface area contributed by atoms with E-state index >= 15 is 0 Å². The van der Waals surface area contributed by atoms with Gasteiger partial charge in [0.15, 0.2) is 6.61 Å². The Kier molecular flexibility index (Phi) is 15.8. The summed E-state index contributed by atoms with van der Waals surface area (Å²) in [4.78, 5) is 87.3. The molecular weight excluding hydrogens is 807 g/mol. The predicted octanol–water partition coefficient (Wildman–Crippen LogP) is 4.92. The average molecular weight is 850 g/mol. The Labute approximate surface area is 355 Å². The molecule has 0 aromatic heterocycles. The molecule has 0 fully saturated rings. The summed E-state index contributed by atoms with van der Waals surface area (Å²) >= 11 is 0.